The number of rotatable bonds is 7. The first kappa shape index (κ1) is 22.6. The van der Waals surface area contributed by atoms with Gasteiger partial charge in [-0.3, -0.25) is 0 Å². The molecule has 1 saturated heterocycles. The molecule has 5 rings (SSSR count). The number of aromatic amines is 1. The van der Waals surface area contributed by atoms with Crippen molar-refractivity contribution in [2.45, 2.75) is 17.9 Å². The van der Waals surface area contributed by atoms with Gasteiger partial charge in [0, 0.05) is 78.9 Å². The Bertz CT molecular complexity index is 1320. The molecule has 1 unspecified atom stereocenters. The second-order valence-electron chi connectivity index (χ2n) is 9.00. The number of hydrogen-bond donors (Lipinski definition) is 2. The summed E-state index contributed by atoms with van der Waals surface area (Å²) in [6.45, 7) is 3.24. The fourth-order valence-electron chi connectivity index (χ4n) is 4.43. The molecule has 2 aliphatic heterocycles. The van der Waals surface area contributed by atoms with Crippen LogP contribution in [0.5, 0.6) is 11.5 Å². The Balaban J connectivity index is 1.48. The van der Waals surface area contributed by atoms with Crippen LogP contribution in [0.25, 0.3) is 5.57 Å². The summed E-state index contributed by atoms with van der Waals surface area (Å²) in [5.74, 6) is 1.80. The molecule has 3 aromatic rings. The van der Waals surface area contributed by atoms with Crippen LogP contribution in [-0.4, -0.2) is 51.4 Å². The first-order chi connectivity index (χ1) is 16.4. The SMILES string of the molecule is CN1C=C(c2cc(S(C)(=O)=O)ccc2Oc2cccc(NCC3CCOC3)c2)c2cc[nH]c2C1. The fraction of sp³-hybridized carbons (Fsp3) is 0.308. The van der Waals surface area contributed by atoms with Crippen LogP contribution in [0.3, 0.4) is 0 Å². The number of aromatic nitrogens is 1. The molecule has 0 aliphatic carbocycles. The molecular formula is C26H29N3O4S. The minimum Gasteiger partial charge on any atom is -0.457 e. The highest BCUT2D eigenvalue weighted by Crippen LogP contribution is 2.39. The molecule has 1 fully saturated rings. The lowest BCUT2D eigenvalue weighted by atomic mass is 9.95. The van der Waals surface area contributed by atoms with Gasteiger partial charge in [-0.25, -0.2) is 8.42 Å². The predicted molar refractivity (Wildman–Crippen MR) is 133 cm³/mol. The average molecular weight is 480 g/mol. The van der Waals surface area contributed by atoms with Gasteiger partial charge >= 0.3 is 0 Å². The number of benzene rings is 2. The van der Waals surface area contributed by atoms with Crippen LogP contribution in [0.1, 0.15) is 23.2 Å². The summed E-state index contributed by atoms with van der Waals surface area (Å²) in [7, 11) is -1.38. The number of sulfone groups is 1. The van der Waals surface area contributed by atoms with Crippen molar-refractivity contribution < 1.29 is 17.9 Å². The molecule has 178 valence electrons. The molecule has 0 amide bonds. The third kappa shape index (κ3) is 4.83. The maximum absolute atomic E-state index is 12.3. The predicted octanol–water partition coefficient (Wildman–Crippen LogP) is 4.49. The molecule has 0 spiro atoms. The van der Waals surface area contributed by atoms with Crippen molar-refractivity contribution in [2.24, 2.45) is 5.92 Å². The highest BCUT2D eigenvalue weighted by Gasteiger charge is 2.23. The van der Waals surface area contributed by atoms with Gasteiger partial charge in [0.25, 0.3) is 0 Å². The summed E-state index contributed by atoms with van der Waals surface area (Å²) < 4.78 is 36.5. The zero-order valence-corrected chi connectivity index (χ0v) is 20.2. The van der Waals surface area contributed by atoms with Crippen LogP contribution in [-0.2, 0) is 21.1 Å². The van der Waals surface area contributed by atoms with E-state index in [2.05, 4.69) is 15.2 Å². The maximum atomic E-state index is 12.3. The number of fused-ring (bicyclic) bond motifs is 1. The van der Waals surface area contributed by atoms with E-state index in [0.717, 1.165) is 60.8 Å². The van der Waals surface area contributed by atoms with Crippen LogP contribution in [0, 0.1) is 5.92 Å². The molecule has 2 aliphatic rings. The van der Waals surface area contributed by atoms with Crippen LogP contribution < -0.4 is 10.1 Å². The van der Waals surface area contributed by atoms with E-state index in [4.69, 9.17) is 9.47 Å². The molecule has 1 aromatic heterocycles. The normalized spacial score (nSPS) is 17.9. The molecule has 0 saturated carbocycles. The van der Waals surface area contributed by atoms with E-state index in [9.17, 15) is 8.42 Å². The molecule has 0 bridgehead atoms. The van der Waals surface area contributed by atoms with Crippen molar-refractivity contribution in [1.29, 1.82) is 0 Å². The van der Waals surface area contributed by atoms with Crippen molar-refractivity contribution in [3.05, 3.63) is 77.7 Å². The van der Waals surface area contributed by atoms with E-state index in [1.807, 2.05) is 49.8 Å². The lowest BCUT2D eigenvalue weighted by Crippen LogP contribution is -2.17. The molecule has 8 heteroatoms. The second kappa shape index (κ2) is 9.19. The van der Waals surface area contributed by atoms with Gasteiger partial charge in [0.1, 0.15) is 11.5 Å². The average Bonchev–Trinajstić information content (AvgIpc) is 3.49. The highest BCUT2D eigenvalue weighted by atomic mass is 32.2. The van der Waals surface area contributed by atoms with Crippen LogP contribution >= 0.6 is 0 Å². The van der Waals surface area contributed by atoms with Gasteiger partial charge in [-0.2, -0.15) is 0 Å². The Morgan fingerprint density at radius 1 is 1.18 bits per heavy atom. The summed E-state index contributed by atoms with van der Waals surface area (Å²) in [4.78, 5) is 5.62. The van der Waals surface area contributed by atoms with Crippen molar-refractivity contribution >= 4 is 21.1 Å². The Kier molecular flexibility index (Phi) is 6.10. The molecule has 1 atom stereocenters. The van der Waals surface area contributed by atoms with Crippen LogP contribution in [0.15, 0.2) is 65.8 Å². The maximum Gasteiger partial charge on any atom is 0.175 e. The van der Waals surface area contributed by atoms with E-state index >= 15 is 0 Å². The largest absolute Gasteiger partial charge is 0.457 e. The van der Waals surface area contributed by atoms with Gasteiger partial charge in [0.2, 0.25) is 0 Å². The third-order valence-electron chi connectivity index (χ3n) is 6.23. The smallest absolute Gasteiger partial charge is 0.175 e. The van der Waals surface area contributed by atoms with Crippen molar-refractivity contribution in [3.8, 4) is 11.5 Å². The standard InChI is InChI=1S/C26H29N3O4S/c1-29-15-24(22-8-10-27-25(22)16-29)23-13-21(34(2,30)31)6-7-26(23)33-20-5-3-4-19(12-20)28-14-18-9-11-32-17-18/h3-8,10,12-13,15,18,27-28H,9,11,14,16-17H2,1-2H3. The van der Waals surface area contributed by atoms with Gasteiger partial charge in [-0.05, 0) is 42.8 Å². The number of nitrogens with one attached hydrogen (secondary N) is 2. The van der Waals surface area contributed by atoms with Crippen LogP contribution in [0.2, 0.25) is 0 Å². The Morgan fingerprint density at radius 2 is 2.06 bits per heavy atom. The van der Waals surface area contributed by atoms with Crippen molar-refractivity contribution in [2.75, 3.05) is 38.4 Å². The molecule has 34 heavy (non-hydrogen) atoms. The van der Waals surface area contributed by atoms with Gasteiger partial charge in [-0.1, -0.05) is 6.07 Å². The van der Waals surface area contributed by atoms with Gasteiger partial charge in [0.05, 0.1) is 18.0 Å². The van der Waals surface area contributed by atoms with E-state index in [-0.39, 0.29) is 4.90 Å². The lowest BCUT2D eigenvalue weighted by molar-refractivity contribution is 0.187. The fourth-order valence-corrected chi connectivity index (χ4v) is 5.08. The Morgan fingerprint density at radius 3 is 2.85 bits per heavy atom. The number of H-pyrrole nitrogens is 1. The molecular weight excluding hydrogens is 450 g/mol. The van der Waals surface area contributed by atoms with Gasteiger partial charge < -0.3 is 24.7 Å². The molecule has 2 N–H and O–H groups in total. The minimum atomic E-state index is -3.38. The monoisotopic (exact) mass is 479 g/mol. The van der Waals surface area contributed by atoms with Crippen molar-refractivity contribution in [1.82, 2.24) is 9.88 Å². The zero-order valence-electron chi connectivity index (χ0n) is 19.4. The first-order valence-corrected chi connectivity index (χ1v) is 13.3. The topological polar surface area (TPSA) is 83.7 Å². The molecule has 0 radical (unpaired) electrons. The quantitative estimate of drug-likeness (QED) is 0.519. The minimum absolute atomic E-state index is 0.260. The lowest BCUT2D eigenvalue weighted by Gasteiger charge is -2.25. The molecule has 7 nitrogen and oxygen atoms in total. The first-order valence-electron chi connectivity index (χ1n) is 11.4. The summed E-state index contributed by atoms with van der Waals surface area (Å²) in [5, 5.41) is 3.47. The third-order valence-corrected chi connectivity index (χ3v) is 7.34. The molecule has 2 aromatic carbocycles. The summed E-state index contributed by atoms with van der Waals surface area (Å²) in [6, 6.07) is 14.9. The summed E-state index contributed by atoms with van der Waals surface area (Å²) >= 11 is 0. The summed E-state index contributed by atoms with van der Waals surface area (Å²) in [5.41, 5.74) is 4.75. The number of ether oxygens (including phenoxy) is 2. The van der Waals surface area contributed by atoms with E-state index in [1.54, 1.807) is 18.2 Å². The number of anilines is 1. The zero-order chi connectivity index (χ0) is 23.7. The summed E-state index contributed by atoms with van der Waals surface area (Å²) in [6.07, 6.45) is 6.24. The van der Waals surface area contributed by atoms with Crippen LogP contribution in [0.4, 0.5) is 5.69 Å². The Hall–Kier alpha value is -3.23. The highest BCUT2D eigenvalue weighted by molar-refractivity contribution is 7.90. The number of nitrogens with zero attached hydrogens (tertiary/aromatic N) is 1. The van der Waals surface area contributed by atoms with Crippen molar-refractivity contribution in [3.63, 3.8) is 0 Å². The van der Waals surface area contributed by atoms with E-state index in [0.29, 0.717) is 17.4 Å². The molecule has 3 heterocycles. The second-order valence-corrected chi connectivity index (χ2v) is 11.0. The van der Waals surface area contributed by atoms with E-state index in [1.165, 1.54) is 6.26 Å². The van der Waals surface area contributed by atoms with E-state index < -0.39 is 9.84 Å². The van der Waals surface area contributed by atoms with Gasteiger partial charge in [0.15, 0.2) is 9.84 Å². The Labute approximate surface area is 200 Å². The van der Waals surface area contributed by atoms with Gasteiger partial charge in [-0.15, -0.1) is 0 Å². The number of hydrogen-bond acceptors (Lipinski definition) is 6.